The molecule has 0 spiro atoms. The van der Waals surface area contributed by atoms with Crippen LogP contribution in [0.5, 0.6) is 0 Å². The Morgan fingerprint density at radius 3 is 2.88 bits per heavy atom. The monoisotopic (exact) mass is 237 g/mol. The average Bonchev–Trinajstić information content (AvgIpc) is 2.94. The SMILES string of the molecule is CCNCc1nnc(-c2ccc(CC)o2)s1. The first kappa shape index (κ1) is 11.3. The summed E-state index contributed by atoms with van der Waals surface area (Å²) in [4.78, 5) is 0. The van der Waals surface area contributed by atoms with E-state index in [2.05, 4.69) is 29.4 Å². The molecule has 0 bridgehead atoms. The van der Waals surface area contributed by atoms with Crippen molar-refractivity contribution in [2.24, 2.45) is 0 Å². The fourth-order valence-electron chi connectivity index (χ4n) is 1.34. The van der Waals surface area contributed by atoms with Crippen molar-refractivity contribution in [3.8, 4) is 10.8 Å². The lowest BCUT2D eigenvalue weighted by atomic mass is 10.4. The molecular formula is C11H15N3OS. The third-order valence-corrected chi connectivity index (χ3v) is 3.15. The minimum atomic E-state index is 0.773. The first-order chi connectivity index (χ1) is 7.83. The molecular weight excluding hydrogens is 222 g/mol. The molecule has 0 fully saturated rings. The second kappa shape index (κ2) is 5.23. The Kier molecular flexibility index (Phi) is 3.69. The first-order valence-electron chi connectivity index (χ1n) is 5.45. The summed E-state index contributed by atoms with van der Waals surface area (Å²) in [7, 11) is 0. The smallest absolute Gasteiger partial charge is 0.183 e. The van der Waals surface area contributed by atoms with E-state index in [1.165, 1.54) is 0 Å². The van der Waals surface area contributed by atoms with E-state index < -0.39 is 0 Å². The molecule has 2 rings (SSSR count). The molecule has 2 aromatic heterocycles. The van der Waals surface area contributed by atoms with Gasteiger partial charge in [0.15, 0.2) is 10.8 Å². The lowest BCUT2D eigenvalue weighted by Gasteiger charge is -1.93. The third-order valence-electron chi connectivity index (χ3n) is 2.21. The van der Waals surface area contributed by atoms with Gasteiger partial charge in [-0.2, -0.15) is 0 Å². The van der Waals surface area contributed by atoms with Gasteiger partial charge in [-0.15, -0.1) is 10.2 Å². The van der Waals surface area contributed by atoms with Crippen molar-refractivity contribution < 1.29 is 4.42 Å². The van der Waals surface area contributed by atoms with Crippen LogP contribution in [-0.2, 0) is 13.0 Å². The normalized spacial score (nSPS) is 10.9. The maximum Gasteiger partial charge on any atom is 0.183 e. The average molecular weight is 237 g/mol. The maximum atomic E-state index is 5.62. The van der Waals surface area contributed by atoms with Crippen LogP contribution >= 0.6 is 11.3 Å². The van der Waals surface area contributed by atoms with Crippen molar-refractivity contribution in [3.05, 3.63) is 22.9 Å². The van der Waals surface area contributed by atoms with Crippen LogP contribution < -0.4 is 5.32 Å². The number of hydrogen-bond acceptors (Lipinski definition) is 5. The molecule has 16 heavy (non-hydrogen) atoms. The number of aryl methyl sites for hydroxylation is 1. The van der Waals surface area contributed by atoms with Crippen LogP contribution in [0, 0.1) is 0 Å². The van der Waals surface area contributed by atoms with Crippen molar-refractivity contribution in [1.82, 2.24) is 15.5 Å². The molecule has 2 heterocycles. The third kappa shape index (κ3) is 2.48. The highest BCUT2D eigenvalue weighted by Gasteiger charge is 2.09. The van der Waals surface area contributed by atoms with Gasteiger partial charge in [0.2, 0.25) is 0 Å². The van der Waals surface area contributed by atoms with E-state index in [1.54, 1.807) is 11.3 Å². The molecule has 4 nitrogen and oxygen atoms in total. The molecule has 0 aromatic carbocycles. The summed E-state index contributed by atoms with van der Waals surface area (Å²) >= 11 is 1.57. The minimum Gasteiger partial charge on any atom is -0.459 e. The van der Waals surface area contributed by atoms with Gasteiger partial charge in [0.25, 0.3) is 0 Å². The highest BCUT2D eigenvalue weighted by Crippen LogP contribution is 2.25. The zero-order chi connectivity index (χ0) is 11.4. The van der Waals surface area contributed by atoms with Gasteiger partial charge >= 0.3 is 0 Å². The van der Waals surface area contributed by atoms with Crippen molar-refractivity contribution in [2.75, 3.05) is 6.54 Å². The summed E-state index contributed by atoms with van der Waals surface area (Å²) in [5, 5.41) is 13.3. The number of nitrogens with one attached hydrogen (secondary N) is 1. The van der Waals surface area contributed by atoms with Crippen molar-refractivity contribution in [3.63, 3.8) is 0 Å². The molecule has 0 aliphatic carbocycles. The van der Waals surface area contributed by atoms with Gasteiger partial charge < -0.3 is 9.73 Å². The lowest BCUT2D eigenvalue weighted by molar-refractivity contribution is 0.528. The second-order valence-corrected chi connectivity index (χ2v) is 4.46. The summed E-state index contributed by atoms with van der Waals surface area (Å²) in [5.41, 5.74) is 0. The van der Waals surface area contributed by atoms with Crippen molar-refractivity contribution in [2.45, 2.75) is 26.8 Å². The van der Waals surface area contributed by atoms with Crippen LogP contribution in [0.15, 0.2) is 16.5 Å². The van der Waals surface area contributed by atoms with Crippen molar-refractivity contribution in [1.29, 1.82) is 0 Å². The molecule has 0 aliphatic heterocycles. The lowest BCUT2D eigenvalue weighted by Crippen LogP contribution is -2.11. The Bertz CT molecular complexity index is 450. The highest BCUT2D eigenvalue weighted by molar-refractivity contribution is 7.14. The number of rotatable bonds is 5. The Balaban J connectivity index is 2.11. The fourth-order valence-corrected chi connectivity index (χ4v) is 2.11. The number of nitrogens with zero attached hydrogens (tertiary/aromatic N) is 2. The van der Waals surface area contributed by atoms with Crippen LogP contribution in [0.4, 0.5) is 0 Å². The van der Waals surface area contributed by atoms with Crippen LogP contribution in [-0.4, -0.2) is 16.7 Å². The van der Waals surface area contributed by atoms with Gasteiger partial charge in [0, 0.05) is 13.0 Å². The van der Waals surface area contributed by atoms with Crippen LogP contribution in [0.1, 0.15) is 24.6 Å². The van der Waals surface area contributed by atoms with Crippen LogP contribution in [0.25, 0.3) is 10.8 Å². The largest absolute Gasteiger partial charge is 0.459 e. The van der Waals surface area contributed by atoms with Gasteiger partial charge in [-0.3, -0.25) is 0 Å². The predicted octanol–water partition coefficient (Wildman–Crippen LogP) is 2.47. The molecule has 0 saturated carbocycles. The Morgan fingerprint density at radius 1 is 1.31 bits per heavy atom. The van der Waals surface area contributed by atoms with E-state index in [0.717, 1.165) is 41.0 Å². The molecule has 2 aromatic rings. The van der Waals surface area contributed by atoms with Gasteiger partial charge in [-0.25, -0.2) is 0 Å². The molecule has 1 N–H and O–H groups in total. The number of hydrogen-bond donors (Lipinski definition) is 1. The topological polar surface area (TPSA) is 51.0 Å². The van der Waals surface area contributed by atoms with E-state index in [4.69, 9.17) is 4.42 Å². The maximum absolute atomic E-state index is 5.62. The molecule has 5 heteroatoms. The van der Waals surface area contributed by atoms with Crippen LogP contribution in [0.2, 0.25) is 0 Å². The zero-order valence-corrected chi connectivity index (χ0v) is 10.3. The summed E-state index contributed by atoms with van der Waals surface area (Å²) in [6, 6.07) is 3.94. The van der Waals surface area contributed by atoms with Gasteiger partial charge in [0.05, 0.1) is 0 Å². The molecule has 0 saturated heterocycles. The van der Waals surface area contributed by atoms with Crippen LogP contribution in [0.3, 0.4) is 0 Å². The molecule has 0 radical (unpaired) electrons. The molecule has 0 amide bonds. The van der Waals surface area contributed by atoms with Gasteiger partial charge in [-0.1, -0.05) is 25.2 Å². The second-order valence-electron chi connectivity index (χ2n) is 3.40. The Hall–Kier alpha value is -1.20. The quantitative estimate of drug-likeness (QED) is 0.868. The molecule has 0 unspecified atom stereocenters. The number of aromatic nitrogens is 2. The summed E-state index contributed by atoms with van der Waals surface area (Å²) in [6.45, 7) is 5.85. The zero-order valence-electron chi connectivity index (χ0n) is 9.49. The standard InChI is InChI=1S/C11H15N3OS/c1-3-8-5-6-9(15-8)11-14-13-10(16-11)7-12-4-2/h5-6,12H,3-4,7H2,1-2H3. The van der Waals surface area contributed by atoms with Gasteiger partial charge in [-0.05, 0) is 18.7 Å². The van der Waals surface area contributed by atoms with Crippen molar-refractivity contribution >= 4 is 11.3 Å². The summed E-state index contributed by atoms with van der Waals surface area (Å²) in [5.74, 6) is 1.80. The molecule has 0 atom stereocenters. The van der Waals surface area contributed by atoms with Gasteiger partial charge in [0.1, 0.15) is 10.8 Å². The Labute approximate surface area is 98.7 Å². The van der Waals surface area contributed by atoms with E-state index in [-0.39, 0.29) is 0 Å². The van der Waals surface area contributed by atoms with E-state index in [9.17, 15) is 0 Å². The first-order valence-corrected chi connectivity index (χ1v) is 6.27. The predicted molar refractivity (Wildman–Crippen MR) is 64.4 cm³/mol. The molecule has 86 valence electrons. The van der Waals surface area contributed by atoms with E-state index in [1.807, 2.05) is 12.1 Å². The summed E-state index contributed by atoms with van der Waals surface area (Å²) < 4.78 is 5.62. The fraction of sp³-hybridized carbons (Fsp3) is 0.455. The Morgan fingerprint density at radius 2 is 2.19 bits per heavy atom. The minimum absolute atomic E-state index is 0.773. The summed E-state index contributed by atoms with van der Waals surface area (Å²) in [6.07, 6.45) is 0.906. The molecule has 0 aliphatic rings. The highest BCUT2D eigenvalue weighted by atomic mass is 32.1. The van der Waals surface area contributed by atoms with E-state index >= 15 is 0 Å². The van der Waals surface area contributed by atoms with E-state index in [0.29, 0.717) is 0 Å². The number of furan rings is 1.